The van der Waals surface area contributed by atoms with Gasteiger partial charge in [0, 0.05) is 6.42 Å². The molecule has 0 fully saturated rings. The number of rotatable bonds is 16. The molecule has 0 aromatic rings. The molecule has 0 aliphatic heterocycles. The number of carboxylic acid groups (broad SMARTS) is 1. The number of hydrogen-bond donors (Lipinski definition) is 2. The zero-order valence-electron chi connectivity index (χ0n) is 15.1. The van der Waals surface area contributed by atoms with Gasteiger partial charge in [0.2, 0.25) is 0 Å². The topological polar surface area (TPSA) is 74.6 Å². The Labute approximate surface area is 149 Å². The van der Waals surface area contributed by atoms with E-state index < -0.39 is 21.5 Å². The summed E-state index contributed by atoms with van der Waals surface area (Å²) in [6, 6.07) is 0. The van der Waals surface area contributed by atoms with E-state index in [1.165, 1.54) is 83.5 Å². The second-order valence-electron chi connectivity index (χ2n) is 6.20. The summed E-state index contributed by atoms with van der Waals surface area (Å²) < 4.78 is 15.7. The van der Waals surface area contributed by atoms with Crippen molar-refractivity contribution in [1.82, 2.24) is 0 Å². The zero-order chi connectivity index (χ0) is 17.6. The van der Waals surface area contributed by atoms with Gasteiger partial charge in [0.1, 0.15) is 0 Å². The van der Waals surface area contributed by atoms with Gasteiger partial charge in [0.15, 0.2) is 0 Å². The zero-order valence-corrected chi connectivity index (χ0v) is 16.3. The Morgan fingerprint density at radius 1 is 0.696 bits per heavy atom. The Morgan fingerprint density at radius 2 is 0.957 bits per heavy atom. The molecule has 5 heteroatoms. The van der Waals surface area contributed by atoms with E-state index in [2.05, 4.69) is 6.92 Å². The maximum atomic E-state index is 10.3. The summed E-state index contributed by atoms with van der Waals surface area (Å²) in [6.07, 6.45) is 20.2. The van der Waals surface area contributed by atoms with Crippen LogP contribution in [0.15, 0.2) is 0 Å². The molecule has 0 saturated carbocycles. The first-order chi connectivity index (χ1) is 11.2. The molecule has 0 aromatic heterocycles. The first-order valence-corrected chi connectivity index (χ1v) is 10.5. The van der Waals surface area contributed by atoms with Crippen LogP contribution in [0, 0.1) is 0 Å². The van der Waals surface area contributed by atoms with Crippen LogP contribution in [0.4, 0.5) is 0 Å². The van der Waals surface area contributed by atoms with Crippen LogP contribution in [0.1, 0.15) is 110 Å². The summed E-state index contributed by atoms with van der Waals surface area (Å²) in [4.78, 5) is 10.3. The third kappa shape index (κ3) is 30.1. The maximum absolute atomic E-state index is 10.3. The van der Waals surface area contributed by atoms with Gasteiger partial charge in [-0.1, -0.05) is 96.8 Å². The van der Waals surface area contributed by atoms with Gasteiger partial charge >= 0.3 is 29.4 Å². The predicted molar refractivity (Wildman–Crippen MR) is 95.8 cm³/mol. The third-order valence-corrected chi connectivity index (χ3v) is 3.99. The van der Waals surface area contributed by atoms with Crippen molar-refractivity contribution in [2.45, 2.75) is 110 Å². The second kappa shape index (κ2) is 23.9. The quantitative estimate of drug-likeness (QED) is 0.295. The van der Waals surface area contributed by atoms with Gasteiger partial charge in [-0.15, -0.1) is 0 Å². The second-order valence-corrected chi connectivity index (χ2v) is 6.41. The van der Waals surface area contributed by atoms with Gasteiger partial charge in [-0.3, -0.25) is 4.79 Å². The standard InChI is InChI=1S/C18H36O2.Al.H2O.O/c1-2-3-4-5-6-7-8-9-10-11-12-13-14-15-16-17-18(19)20;;;/h2-17H2,1H3,(H,19,20);;1H2;/q;+1;;/p-1. The van der Waals surface area contributed by atoms with Crippen LogP contribution in [0.5, 0.6) is 0 Å². The van der Waals surface area contributed by atoms with Crippen LogP contribution in [-0.2, 0) is 8.60 Å². The third-order valence-electron chi connectivity index (χ3n) is 3.99. The number of hydrogen-bond acceptors (Lipinski definition) is 2. The number of unbranched alkanes of at least 4 members (excludes halogenated alkanes) is 14. The average molecular weight is 344 g/mol. The van der Waals surface area contributed by atoms with E-state index in [0.717, 1.165) is 12.8 Å². The molecule has 136 valence electrons. The van der Waals surface area contributed by atoms with E-state index in [1.54, 1.807) is 0 Å². The minimum atomic E-state index is -1.50. The van der Waals surface area contributed by atoms with Crippen molar-refractivity contribution in [2.75, 3.05) is 0 Å². The van der Waals surface area contributed by atoms with Crippen molar-refractivity contribution in [3.8, 4) is 0 Å². The van der Waals surface area contributed by atoms with Crippen molar-refractivity contribution in [3.63, 3.8) is 0 Å². The van der Waals surface area contributed by atoms with Crippen LogP contribution < -0.4 is 0 Å². The molecule has 0 spiro atoms. The molecule has 0 rings (SSSR count). The molecule has 2 N–H and O–H groups in total. The molecule has 0 aliphatic rings. The SMILES string of the molecule is CCCCCCCCCCCCCCCCCC(=O)O.[O]=[Al][OH]. The Morgan fingerprint density at radius 3 is 1.22 bits per heavy atom. The van der Waals surface area contributed by atoms with Crippen molar-refractivity contribution >= 4 is 21.5 Å². The minimum absolute atomic E-state index is 0.345. The van der Waals surface area contributed by atoms with Gasteiger partial charge in [-0.05, 0) is 6.42 Å². The van der Waals surface area contributed by atoms with Crippen molar-refractivity contribution in [3.05, 3.63) is 0 Å². The molecule has 0 aliphatic carbocycles. The van der Waals surface area contributed by atoms with Gasteiger partial charge in [-0.25, -0.2) is 0 Å². The Balaban J connectivity index is 0. The van der Waals surface area contributed by atoms with Crippen LogP contribution in [0.2, 0.25) is 0 Å². The first-order valence-electron chi connectivity index (χ1n) is 9.48. The fourth-order valence-electron chi connectivity index (χ4n) is 2.65. The van der Waals surface area contributed by atoms with Gasteiger partial charge in [0.25, 0.3) is 0 Å². The summed E-state index contributed by atoms with van der Waals surface area (Å²) in [5.74, 6) is -0.653. The number of carbonyl (C=O) groups is 1. The Hall–Kier alpha value is -0.398. The van der Waals surface area contributed by atoms with E-state index in [9.17, 15) is 4.79 Å². The van der Waals surface area contributed by atoms with Gasteiger partial charge in [-0.2, -0.15) is 0 Å². The molecule has 0 radical (unpaired) electrons. The molecule has 23 heavy (non-hydrogen) atoms. The van der Waals surface area contributed by atoms with Crippen molar-refractivity contribution in [2.24, 2.45) is 0 Å². The first kappa shape index (κ1) is 24.8. The molecule has 0 amide bonds. The van der Waals surface area contributed by atoms with E-state index in [0.29, 0.717) is 6.42 Å². The summed E-state index contributed by atoms with van der Waals surface area (Å²) in [5.41, 5.74) is 0. The molecule has 0 atom stereocenters. The molecule has 4 nitrogen and oxygen atoms in total. The number of carboxylic acids is 1. The molecule has 0 heterocycles. The Kier molecular flexibility index (Phi) is 25.8. The fraction of sp³-hybridized carbons (Fsp3) is 0.944. The van der Waals surface area contributed by atoms with Crippen molar-refractivity contribution < 1.29 is 17.9 Å². The average Bonchev–Trinajstić information content (AvgIpc) is 2.51. The normalized spacial score (nSPS) is 9.78. The van der Waals surface area contributed by atoms with Crippen LogP contribution in [0.25, 0.3) is 0 Å². The monoisotopic (exact) mass is 344 g/mol. The Bertz CT molecular complexity index is 247. The van der Waals surface area contributed by atoms with Gasteiger partial charge in [0.05, 0.1) is 0 Å². The van der Waals surface area contributed by atoms with E-state index in [1.807, 2.05) is 0 Å². The molecular weight excluding hydrogens is 307 g/mol. The molecular formula is C18H37AlO4. The van der Waals surface area contributed by atoms with E-state index in [4.69, 9.17) is 13.1 Å². The summed E-state index contributed by atoms with van der Waals surface area (Å²) >= 11 is -1.50. The van der Waals surface area contributed by atoms with Crippen LogP contribution in [-0.4, -0.2) is 30.7 Å². The van der Waals surface area contributed by atoms with E-state index in [-0.39, 0.29) is 0 Å². The number of aliphatic carboxylic acids is 1. The van der Waals surface area contributed by atoms with Crippen LogP contribution >= 0.6 is 0 Å². The molecule has 0 bridgehead atoms. The fourth-order valence-corrected chi connectivity index (χ4v) is 2.65. The molecule has 0 saturated heterocycles. The van der Waals surface area contributed by atoms with Crippen molar-refractivity contribution in [1.29, 1.82) is 0 Å². The molecule has 0 aromatic carbocycles. The van der Waals surface area contributed by atoms with Gasteiger partial charge < -0.3 is 5.11 Å². The molecule has 0 unspecified atom stereocenters. The van der Waals surface area contributed by atoms with E-state index >= 15 is 0 Å². The van der Waals surface area contributed by atoms with Crippen LogP contribution in [0.3, 0.4) is 0 Å². The summed E-state index contributed by atoms with van der Waals surface area (Å²) in [6.45, 7) is 2.27. The summed E-state index contributed by atoms with van der Waals surface area (Å²) in [5, 5.41) is 8.52. The summed E-state index contributed by atoms with van der Waals surface area (Å²) in [7, 11) is 0. The predicted octanol–water partition coefficient (Wildman–Crippen LogP) is 5.28.